The number of benzene rings is 4. The molecule has 10 heteroatoms. The van der Waals surface area contributed by atoms with E-state index in [-0.39, 0.29) is 11.4 Å². The van der Waals surface area contributed by atoms with Gasteiger partial charge in [0, 0.05) is 11.3 Å². The highest BCUT2D eigenvalue weighted by molar-refractivity contribution is 7.90. The lowest BCUT2D eigenvalue weighted by Gasteiger charge is -2.10. The van der Waals surface area contributed by atoms with Crippen LogP contribution in [-0.4, -0.2) is 18.2 Å². The van der Waals surface area contributed by atoms with E-state index in [1.54, 1.807) is 6.07 Å². The smallest absolute Gasteiger partial charge is 0.271 e. The number of nitrogens with one attached hydrogen (secondary N) is 1. The van der Waals surface area contributed by atoms with Crippen LogP contribution in [0.1, 0.15) is 5.69 Å². The van der Waals surface area contributed by atoms with E-state index < -0.39 is 22.1 Å². The fourth-order valence-electron chi connectivity index (χ4n) is 3.86. The Morgan fingerprint density at radius 1 is 0.794 bits per heavy atom. The van der Waals surface area contributed by atoms with Gasteiger partial charge in [-0.3, -0.25) is 4.72 Å². The molecule has 0 fully saturated rings. The second-order valence-corrected chi connectivity index (χ2v) is 9.07. The maximum Gasteiger partial charge on any atom is 0.435 e. The lowest BCUT2D eigenvalue weighted by Crippen LogP contribution is -2.21. The lowest BCUT2D eigenvalue weighted by atomic mass is 10.0. The van der Waals surface area contributed by atoms with E-state index in [1.165, 1.54) is 28.9 Å². The van der Waals surface area contributed by atoms with Crippen LogP contribution in [0, 0.1) is 0 Å². The van der Waals surface area contributed by atoms with Gasteiger partial charge in [-0.15, -0.1) is 0 Å². The van der Waals surface area contributed by atoms with E-state index in [0.29, 0.717) is 11.3 Å². The number of rotatable bonds is 4. The number of aromatic nitrogens is 2. The average Bonchev–Trinajstić information content (AvgIpc) is 3.23. The van der Waals surface area contributed by atoms with Gasteiger partial charge in [0.15, 0.2) is 5.69 Å². The first-order valence-electron chi connectivity index (χ1n) is 10.1. The summed E-state index contributed by atoms with van der Waals surface area (Å²) in [4.78, 5) is 0. The summed E-state index contributed by atoms with van der Waals surface area (Å²) in [5.74, 6) is 0. The summed E-state index contributed by atoms with van der Waals surface area (Å²) in [7, 11) is -3.98. The van der Waals surface area contributed by atoms with Gasteiger partial charge in [0.1, 0.15) is 0 Å². The standard InChI is InChI=1S/C24H17F3N4O2S/c25-24(26,27)23-14-22(31(29-23)21-9-7-20(8-10-21)30-34(28,32)33)18-6-5-17-11-15-3-1-2-4-16(15)12-19(17)13-18/h1-14,30H,(H2,28,32,33). The Labute approximate surface area is 192 Å². The largest absolute Gasteiger partial charge is 0.435 e. The van der Waals surface area contributed by atoms with Gasteiger partial charge in [0.2, 0.25) is 0 Å². The van der Waals surface area contributed by atoms with Gasteiger partial charge < -0.3 is 0 Å². The van der Waals surface area contributed by atoms with Crippen molar-refractivity contribution in [2.45, 2.75) is 6.18 Å². The number of anilines is 1. The summed E-state index contributed by atoms with van der Waals surface area (Å²) in [6.07, 6.45) is -4.64. The van der Waals surface area contributed by atoms with Crippen molar-refractivity contribution in [2.75, 3.05) is 4.72 Å². The minimum atomic E-state index is -4.64. The quantitative estimate of drug-likeness (QED) is 0.333. The molecule has 1 heterocycles. The second-order valence-electron chi connectivity index (χ2n) is 7.78. The zero-order valence-corrected chi connectivity index (χ0v) is 18.2. The SMILES string of the molecule is NS(=O)(=O)Nc1ccc(-n2nc(C(F)(F)F)cc2-c2ccc3cc4ccccc4cc3c2)cc1. The third-order valence-corrected chi connectivity index (χ3v) is 5.89. The summed E-state index contributed by atoms with van der Waals surface area (Å²) in [5.41, 5.74) is 0.262. The number of hydrogen-bond acceptors (Lipinski definition) is 3. The summed E-state index contributed by atoms with van der Waals surface area (Å²) >= 11 is 0. The highest BCUT2D eigenvalue weighted by atomic mass is 32.2. The molecular weight excluding hydrogens is 465 g/mol. The fourth-order valence-corrected chi connectivity index (χ4v) is 4.32. The monoisotopic (exact) mass is 482 g/mol. The van der Waals surface area contributed by atoms with Crippen molar-refractivity contribution in [1.82, 2.24) is 9.78 Å². The molecule has 0 radical (unpaired) electrons. The van der Waals surface area contributed by atoms with Gasteiger partial charge in [-0.05, 0) is 70.1 Å². The molecular formula is C24H17F3N4O2S. The van der Waals surface area contributed by atoms with Crippen molar-refractivity contribution in [3.8, 4) is 16.9 Å². The van der Waals surface area contributed by atoms with E-state index in [1.807, 2.05) is 48.5 Å². The molecule has 0 spiro atoms. The number of hydrogen-bond donors (Lipinski definition) is 2. The Morgan fingerprint density at radius 3 is 2.03 bits per heavy atom. The number of fused-ring (bicyclic) bond motifs is 2. The average molecular weight is 482 g/mol. The first-order valence-corrected chi connectivity index (χ1v) is 11.6. The van der Waals surface area contributed by atoms with Crippen molar-refractivity contribution in [3.63, 3.8) is 0 Å². The van der Waals surface area contributed by atoms with Crippen LogP contribution in [0.3, 0.4) is 0 Å². The second kappa shape index (κ2) is 7.86. The van der Waals surface area contributed by atoms with Crippen LogP contribution in [0.2, 0.25) is 0 Å². The van der Waals surface area contributed by atoms with Crippen LogP contribution in [0.5, 0.6) is 0 Å². The molecule has 0 saturated carbocycles. The summed E-state index contributed by atoms with van der Waals surface area (Å²) < 4.78 is 66.3. The molecule has 6 nitrogen and oxygen atoms in total. The molecule has 5 rings (SSSR count). The fraction of sp³-hybridized carbons (Fsp3) is 0.0417. The molecule has 0 amide bonds. The van der Waals surface area contributed by atoms with Crippen molar-refractivity contribution in [3.05, 3.63) is 90.6 Å². The zero-order valence-electron chi connectivity index (χ0n) is 17.4. The van der Waals surface area contributed by atoms with Crippen LogP contribution in [0.25, 0.3) is 38.5 Å². The number of alkyl halides is 3. The minimum absolute atomic E-state index is 0.175. The van der Waals surface area contributed by atoms with Gasteiger partial charge >= 0.3 is 6.18 Å². The summed E-state index contributed by atoms with van der Waals surface area (Å²) in [6.45, 7) is 0. The maximum absolute atomic E-state index is 13.5. The van der Waals surface area contributed by atoms with Crippen molar-refractivity contribution < 1.29 is 21.6 Å². The Hall–Kier alpha value is -3.89. The van der Waals surface area contributed by atoms with E-state index in [0.717, 1.165) is 27.6 Å². The van der Waals surface area contributed by atoms with Gasteiger partial charge in [-0.25, -0.2) is 9.82 Å². The van der Waals surface area contributed by atoms with Crippen LogP contribution < -0.4 is 9.86 Å². The van der Waals surface area contributed by atoms with Gasteiger partial charge in [-0.1, -0.05) is 36.4 Å². The molecule has 0 aliphatic heterocycles. The van der Waals surface area contributed by atoms with E-state index >= 15 is 0 Å². The molecule has 0 saturated heterocycles. The van der Waals surface area contributed by atoms with Gasteiger partial charge in [0.25, 0.3) is 10.2 Å². The number of nitrogens with zero attached hydrogens (tertiary/aromatic N) is 2. The van der Waals surface area contributed by atoms with Crippen molar-refractivity contribution in [2.24, 2.45) is 5.14 Å². The molecule has 0 bridgehead atoms. The summed E-state index contributed by atoms with van der Waals surface area (Å²) in [6, 6.07) is 24.0. The van der Waals surface area contributed by atoms with Crippen molar-refractivity contribution in [1.29, 1.82) is 0 Å². The molecule has 0 aliphatic rings. The van der Waals surface area contributed by atoms with Gasteiger partial charge in [0.05, 0.1) is 11.4 Å². The molecule has 172 valence electrons. The number of nitrogens with two attached hydrogens (primary N) is 1. The van der Waals surface area contributed by atoms with Crippen LogP contribution >= 0.6 is 0 Å². The third-order valence-electron chi connectivity index (χ3n) is 5.37. The predicted octanol–water partition coefficient (Wildman–Crippen LogP) is 5.48. The van der Waals surface area contributed by atoms with Crippen LogP contribution in [-0.2, 0) is 16.4 Å². The summed E-state index contributed by atoms with van der Waals surface area (Å²) in [5, 5.41) is 12.7. The molecule has 0 atom stereocenters. The highest BCUT2D eigenvalue weighted by Gasteiger charge is 2.35. The lowest BCUT2D eigenvalue weighted by molar-refractivity contribution is -0.141. The molecule has 0 unspecified atom stereocenters. The normalized spacial score (nSPS) is 12.4. The Morgan fingerprint density at radius 2 is 1.41 bits per heavy atom. The van der Waals surface area contributed by atoms with E-state index in [9.17, 15) is 21.6 Å². The molecule has 4 aromatic carbocycles. The first kappa shape index (κ1) is 21.9. The Bertz CT molecular complexity index is 1640. The van der Waals surface area contributed by atoms with Crippen molar-refractivity contribution >= 4 is 37.4 Å². The first-order chi connectivity index (χ1) is 16.1. The highest BCUT2D eigenvalue weighted by Crippen LogP contribution is 2.35. The number of halogens is 3. The molecule has 5 aromatic rings. The third kappa shape index (κ3) is 4.33. The Kier molecular flexibility index (Phi) is 5.07. The molecule has 1 aromatic heterocycles. The topological polar surface area (TPSA) is 90.0 Å². The molecule has 34 heavy (non-hydrogen) atoms. The minimum Gasteiger partial charge on any atom is -0.271 e. The van der Waals surface area contributed by atoms with Gasteiger partial charge in [-0.2, -0.15) is 26.7 Å². The van der Waals surface area contributed by atoms with E-state index in [2.05, 4.69) is 9.82 Å². The van der Waals surface area contributed by atoms with Crippen LogP contribution in [0.15, 0.2) is 84.9 Å². The van der Waals surface area contributed by atoms with Crippen LogP contribution in [0.4, 0.5) is 18.9 Å². The van der Waals surface area contributed by atoms with E-state index in [4.69, 9.17) is 5.14 Å². The molecule has 0 aliphatic carbocycles. The maximum atomic E-state index is 13.5. The predicted molar refractivity (Wildman–Crippen MR) is 126 cm³/mol. The molecule has 3 N–H and O–H groups in total. The zero-order chi connectivity index (χ0) is 24.1. The Balaban J connectivity index is 1.64.